The molecule has 0 bridgehead atoms. The number of rotatable bonds is 12. The third-order valence-corrected chi connectivity index (χ3v) is 5.33. The molecule has 0 aliphatic rings. The molecule has 0 fully saturated rings. The van der Waals surface area contributed by atoms with E-state index >= 15 is 0 Å². The van der Waals surface area contributed by atoms with E-state index in [2.05, 4.69) is 0 Å². The molecule has 0 nitrogen and oxygen atoms in total. The van der Waals surface area contributed by atoms with Crippen LogP contribution in [0.15, 0.2) is 0 Å². The van der Waals surface area contributed by atoms with Crippen LogP contribution in [0.2, 0.25) is 0 Å². The highest BCUT2D eigenvalue weighted by Crippen LogP contribution is 2.12. The smallest absolute Gasteiger partial charge is 0.000000000138 e. The molecule has 0 aliphatic heterocycles. The minimum atomic E-state index is -1.03. The Bertz CT molecular complexity index is 354. The van der Waals surface area contributed by atoms with Crippen LogP contribution in [-0.4, -0.2) is 199 Å². The molecule has 28 heteroatoms. The Hall–Kier alpha value is 1.82. The van der Waals surface area contributed by atoms with E-state index in [0.717, 1.165) is 0 Å². The fourth-order valence-electron chi connectivity index (χ4n) is 4.11. The molecule has 0 aliphatic carbocycles. The Labute approximate surface area is 198 Å². The third-order valence-electron chi connectivity index (χ3n) is 5.33. The number of hydrogen-bond donors (Lipinski definition) is 0. The molecule has 28 heavy (non-hydrogen) atoms. The van der Waals surface area contributed by atoms with Crippen molar-refractivity contribution >= 4 is 199 Å². The summed E-state index contributed by atoms with van der Waals surface area (Å²) in [6.45, 7) is 0. The Morgan fingerprint density at radius 3 is 0.821 bits per heavy atom. The van der Waals surface area contributed by atoms with Crippen LogP contribution in [0.4, 0.5) is 0 Å². The van der Waals surface area contributed by atoms with Gasteiger partial charge in [0.05, 0.1) is 0 Å². The van der Waals surface area contributed by atoms with Gasteiger partial charge in [0.15, 0.2) is 0 Å². The average molecular weight is 303 g/mol. The molecule has 0 unspecified atom stereocenters. The largest absolute Gasteiger partial charge is 0.729 e. The lowest BCUT2D eigenvalue weighted by atomic mass is 8.32. The molecule has 0 N–H and O–H groups in total. The summed E-state index contributed by atoms with van der Waals surface area (Å²) in [5.74, 6) is 0. The van der Waals surface area contributed by atoms with E-state index in [4.69, 9.17) is 116 Å². The summed E-state index contributed by atoms with van der Waals surface area (Å²) >= 11 is 0. The lowest BCUT2D eigenvalue weighted by Gasteiger charge is -2.56. The monoisotopic (exact) mass is 308 g/mol. The van der Waals surface area contributed by atoms with Gasteiger partial charge in [-0.25, -0.2) is 6.39 Å². The Balaban J connectivity index is 6.81. The summed E-state index contributed by atoms with van der Waals surface area (Å²) in [5.41, 5.74) is 0. The van der Waals surface area contributed by atoms with Gasteiger partial charge in [-0.2, -0.15) is 0 Å². The summed E-state index contributed by atoms with van der Waals surface area (Å²) in [6, 6.07) is 0. The Morgan fingerprint density at radius 2 is 0.643 bits per heavy atom. The highest BCUT2D eigenvalue weighted by Gasteiger charge is 2.48. The second-order valence-corrected chi connectivity index (χ2v) is 7.51. The van der Waals surface area contributed by atoms with Crippen molar-refractivity contribution in [3.63, 3.8) is 0 Å². The van der Waals surface area contributed by atoms with E-state index in [1.54, 1.807) is 0 Å². The molecule has 33 radical (unpaired) electrons. The second kappa shape index (κ2) is 13.4. The fraction of sp³-hybridized carbons (Fsp3) is 0. The molecular weight excluding hydrogens is 303 g/mol. The van der Waals surface area contributed by atoms with Crippen molar-refractivity contribution < 1.29 is 0 Å². The second-order valence-electron chi connectivity index (χ2n) is 7.51. The minimum absolute atomic E-state index is 0.807. The van der Waals surface area contributed by atoms with Gasteiger partial charge in [-0.15, -0.1) is 0 Å². The first-order valence-corrected chi connectivity index (χ1v) is 9.00. The van der Waals surface area contributed by atoms with E-state index < -0.39 is 83.0 Å². The van der Waals surface area contributed by atoms with Crippen molar-refractivity contribution in [1.82, 2.24) is 0 Å². The third kappa shape index (κ3) is 8.06. The first kappa shape index (κ1) is 29.8. The molecule has 0 atom stereocenters. The van der Waals surface area contributed by atoms with Crippen LogP contribution in [0, 0.1) is 0 Å². The summed E-state index contributed by atoms with van der Waals surface area (Å²) in [5, 5.41) is 0. The highest BCUT2D eigenvalue weighted by molar-refractivity contribution is 8.26. The lowest BCUT2D eigenvalue weighted by Crippen LogP contribution is -2.87. The van der Waals surface area contributed by atoms with Crippen molar-refractivity contribution in [2.24, 2.45) is 0 Å². The molecule has 0 saturated heterocycles. The first-order valence-electron chi connectivity index (χ1n) is 9.00. The van der Waals surface area contributed by atoms with Crippen LogP contribution in [0.1, 0.15) is 0 Å². The van der Waals surface area contributed by atoms with Crippen molar-refractivity contribution in [1.29, 1.82) is 0 Å². The van der Waals surface area contributed by atoms with Gasteiger partial charge in [-0.3, -0.25) is 0 Å². The van der Waals surface area contributed by atoms with Crippen molar-refractivity contribution in [2.75, 3.05) is 0 Å². The first-order chi connectivity index (χ1) is 12.7. The summed E-state index contributed by atoms with van der Waals surface area (Å²) in [4.78, 5) is 0. The van der Waals surface area contributed by atoms with Gasteiger partial charge >= 0.3 is 0 Å². The van der Waals surface area contributed by atoms with Gasteiger partial charge < -0.3 is 29.6 Å². The molecule has 0 aromatic carbocycles. The summed E-state index contributed by atoms with van der Waals surface area (Å²) in [6.07, 6.45) is -12.2. The maximum absolute atomic E-state index is 6.32. The minimum Gasteiger partial charge on any atom is -0.729 e. The van der Waals surface area contributed by atoms with E-state index in [1.165, 1.54) is 0 Å². The van der Waals surface area contributed by atoms with Crippen LogP contribution in [0.3, 0.4) is 0 Å². The van der Waals surface area contributed by atoms with Crippen molar-refractivity contribution in [3.8, 4) is 0 Å². The van der Waals surface area contributed by atoms with E-state index in [0.29, 0.717) is 0 Å². The molecule has 0 spiro atoms. The number of hydrogen-bond acceptors (Lipinski definition) is 0. The zero-order valence-corrected chi connectivity index (χ0v) is 16.2. The molecule has 0 saturated carbocycles. The van der Waals surface area contributed by atoms with Crippen LogP contribution in [-0.2, 0) is 0 Å². The van der Waals surface area contributed by atoms with Gasteiger partial charge in [0.2, 0.25) is 0 Å². The predicted molar refractivity (Wildman–Crippen MR) is 161 cm³/mol. The van der Waals surface area contributed by atoms with Crippen LogP contribution in [0.25, 0.3) is 0 Å². The van der Waals surface area contributed by atoms with Gasteiger partial charge in [0, 0.05) is 0 Å². The van der Waals surface area contributed by atoms with Crippen molar-refractivity contribution in [3.05, 3.63) is 0 Å². The average Bonchev–Trinajstić information content (AvgIpc) is 2.48. The molecular formula is B28-3. The Kier molecular flexibility index (Phi) is 14.3. The molecule has 0 aromatic heterocycles. The topological polar surface area (TPSA) is 0 Å². The molecule has 0 heterocycles. The van der Waals surface area contributed by atoms with Crippen LogP contribution < -0.4 is 0 Å². The van der Waals surface area contributed by atoms with Crippen molar-refractivity contribution in [2.45, 2.75) is 0 Å². The SMILES string of the molecule is [B]B([B])B(B([B])[B])B(B(B([B])[B])B([B])[B])B(B([B])B([B-])[B-])B(B([B])[B])B([B])[B-]. The summed E-state index contributed by atoms with van der Waals surface area (Å²) in [7, 11) is 89.6. The van der Waals surface area contributed by atoms with E-state index in [1.807, 2.05) is 0 Å². The van der Waals surface area contributed by atoms with Gasteiger partial charge in [0.1, 0.15) is 0 Å². The fourth-order valence-corrected chi connectivity index (χ4v) is 4.11. The van der Waals surface area contributed by atoms with Crippen LogP contribution in [0.5, 0.6) is 0 Å². The quantitative estimate of drug-likeness (QED) is 0.314. The van der Waals surface area contributed by atoms with Gasteiger partial charge in [-0.1, -0.05) is 6.39 Å². The van der Waals surface area contributed by atoms with E-state index in [9.17, 15) is 0 Å². The predicted octanol–water partition coefficient (Wildman–Crippen LogP) is -10.7. The van der Waals surface area contributed by atoms with Gasteiger partial charge in [-0.05, 0) is 157 Å². The maximum atomic E-state index is 6.32. The lowest BCUT2D eigenvalue weighted by molar-refractivity contribution is 3.27. The van der Waals surface area contributed by atoms with E-state index in [-0.39, 0.29) is 0 Å². The van der Waals surface area contributed by atoms with Gasteiger partial charge in [0.25, 0.3) is 0 Å². The standard InChI is InChI=1S/B28/c1-16(2)23(15)27(24(17(3)4)18(5)6)28(25(19(7)8)20(9)10)26(21(11)12)22(13)14/q-3. The summed E-state index contributed by atoms with van der Waals surface area (Å²) < 4.78 is 0. The highest BCUT2D eigenvalue weighted by atomic mass is 13.3. The Morgan fingerprint density at radius 1 is 0.357 bits per heavy atom. The van der Waals surface area contributed by atoms with Crippen LogP contribution >= 0.6 is 0 Å². The molecule has 0 aromatic rings. The maximum Gasteiger partial charge on any atom is -0.000000000138 e. The molecule has 0 amide bonds. The molecule has 0 rings (SSSR count). The normalized spacial score (nSPS) is 9.54. The zero-order valence-electron chi connectivity index (χ0n) is 16.2. The zero-order chi connectivity index (χ0) is 22.5. The molecule has 87 valence electrons.